The van der Waals surface area contributed by atoms with Crippen molar-refractivity contribution in [3.63, 3.8) is 0 Å². The molecule has 3 N–H and O–H groups in total. The Bertz CT molecular complexity index is 563. The number of nitrogens with one attached hydrogen (secondary N) is 3. The minimum absolute atomic E-state index is 0. The second-order valence-corrected chi connectivity index (χ2v) is 8.00. The molecule has 0 aromatic heterocycles. The van der Waals surface area contributed by atoms with Crippen molar-refractivity contribution in [2.45, 2.75) is 51.7 Å². The lowest BCUT2D eigenvalue weighted by atomic mass is 10.0. The highest BCUT2D eigenvalue weighted by Gasteiger charge is 2.20. The van der Waals surface area contributed by atoms with E-state index in [9.17, 15) is 4.39 Å². The van der Waals surface area contributed by atoms with Crippen LogP contribution in [-0.2, 0) is 6.54 Å². The van der Waals surface area contributed by atoms with Crippen molar-refractivity contribution in [3.8, 4) is 0 Å². The molecule has 27 heavy (non-hydrogen) atoms. The monoisotopic (exact) mass is 491 g/mol. The van der Waals surface area contributed by atoms with Gasteiger partial charge in [-0.25, -0.2) is 4.39 Å². The molecule has 1 aliphatic rings. The first-order valence-electron chi connectivity index (χ1n) is 9.55. The van der Waals surface area contributed by atoms with E-state index in [-0.39, 0.29) is 35.3 Å². The van der Waals surface area contributed by atoms with E-state index in [0.717, 1.165) is 51.5 Å². The molecule has 1 aromatic rings. The Hall–Kier alpha value is -0.930. The van der Waals surface area contributed by atoms with Gasteiger partial charge in [-0.15, -0.1) is 24.0 Å². The lowest BCUT2D eigenvalue weighted by Crippen LogP contribution is -2.50. The molecule has 0 radical (unpaired) electrons. The third-order valence-electron chi connectivity index (χ3n) is 4.54. The number of rotatable bonds is 6. The Labute approximate surface area is 180 Å². The molecule has 1 saturated heterocycles. The van der Waals surface area contributed by atoms with Gasteiger partial charge in [0.25, 0.3) is 0 Å². The molecule has 0 atom stereocenters. The van der Waals surface area contributed by atoms with Gasteiger partial charge in [-0.05, 0) is 51.3 Å². The number of guanidine groups is 1. The van der Waals surface area contributed by atoms with Gasteiger partial charge in [0.1, 0.15) is 5.82 Å². The van der Waals surface area contributed by atoms with E-state index < -0.39 is 0 Å². The molecule has 154 valence electrons. The van der Waals surface area contributed by atoms with Gasteiger partial charge in [0, 0.05) is 51.4 Å². The first-order chi connectivity index (χ1) is 12.4. The van der Waals surface area contributed by atoms with E-state index in [1.54, 1.807) is 0 Å². The van der Waals surface area contributed by atoms with Crippen LogP contribution in [0.3, 0.4) is 0 Å². The minimum atomic E-state index is -0.173. The highest BCUT2D eigenvalue weighted by Crippen LogP contribution is 2.14. The maximum absolute atomic E-state index is 13.0. The number of hydrogen-bond acceptors (Lipinski definition) is 3. The zero-order valence-electron chi connectivity index (χ0n) is 17.0. The fraction of sp³-hybridized carbons (Fsp3) is 0.650. The fourth-order valence-corrected chi connectivity index (χ4v) is 3.09. The van der Waals surface area contributed by atoms with Gasteiger partial charge in [-0.3, -0.25) is 9.89 Å². The Morgan fingerprint density at radius 1 is 1.15 bits per heavy atom. The summed E-state index contributed by atoms with van der Waals surface area (Å²) in [5.41, 5.74) is 1.30. The predicted molar refractivity (Wildman–Crippen MR) is 122 cm³/mol. The van der Waals surface area contributed by atoms with E-state index in [4.69, 9.17) is 0 Å². The summed E-state index contributed by atoms with van der Waals surface area (Å²) < 4.78 is 13.0. The summed E-state index contributed by atoms with van der Waals surface area (Å²) in [6.45, 7) is 11.2. The van der Waals surface area contributed by atoms with Crippen molar-refractivity contribution in [3.05, 3.63) is 35.6 Å². The Morgan fingerprint density at radius 2 is 1.78 bits per heavy atom. The number of likely N-dealkylation sites (tertiary alicyclic amines) is 1. The van der Waals surface area contributed by atoms with E-state index in [1.165, 1.54) is 17.7 Å². The van der Waals surface area contributed by atoms with Gasteiger partial charge in [0.15, 0.2) is 5.96 Å². The molecule has 1 aromatic carbocycles. The molecule has 0 amide bonds. The molecule has 0 saturated carbocycles. The second-order valence-electron chi connectivity index (χ2n) is 8.00. The number of hydrogen-bond donors (Lipinski definition) is 3. The summed E-state index contributed by atoms with van der Waals surface area (Å²) in [6.07, 6.45) is 2.17. The van der Waals surface area contributed by atoms with Gasteiger partial charge in [0.05, 0.1) is 0 Å². The first-order valence-corrected chi connectivity index (χ1v) is 9.55. The van der Waals surface area contributed by atoms with E-state index in [2.05, 4.69) is 46.6 Å². The van der Waals surface area contributed by atoms with Crippen LogP contribution < -0.4 is 16.0 Å². The highest BCUT2D eigenvalue weighted by atomic mass is 127. The SMILES string of the molecule is CN=C(NCCNC(C)(C)C)NC1CCN(Cc2ccc(F)cc2)CC1.I. The topological polar surface area (TPSA) is 51.7 Å². The third-order valence-corrected chi connectivity index (χ3v) is 4.54. The van der Waals surface area contributed by atoms with E-state index in [1.807, 2.05) is 19.2 Å². The first kappa shape index (κ1) is 24.1. The maximum Gasteiger partial charge on any atom is 0.191 e. The normalized spacial score (nSPS) is 16.7. The maximum atomic E-state index is 13.0. The van der Waals surface area contributed by atoms with Gasteiger partial charge in [-0.2, -0.15) is 0 Å². The van der Waals surface area contributed by atoms with Crippen LogP contribution in [0.4, 0.5) is 4.39 Å². The number of halogens is 2. The molecule has 1 fully saturated rings. The second kappa shape index (κ2) is 11.8. The fourth-order valence-electron chi connectivity index (χ4n) is 3.09. The quantitative estimate of drug-likeness (QED) is 0.248. The summed E-state index contributed by atoms with van der Waals surface area (Å²) in [5.74, 6) is 0.700. The van der Waals surface area contributed by atoms with Crippen molar-refractivity contribution < 1.29 is 4.39 Å². The molecule has 0 unspecified atom stereocenters. The molecular weight excluding hydrogens is 456 g/mol. The van der Waals surface area contributed by atoms with Gasteiger partial charge in [0.2, 0.25) is 0 Å². The third kappa shape index (κ3) is 9.71. The minimum Gasteiger partial charge on any atom is -0.355 e. The number of benzene rings is 1. The summed E-state index contributed by atoms with van der Waals surface area (Å²) >= 11 is 0. The number of nitrogens with zero attached hydrogens (tertiary/aromatic N) is 2. The van der Waals surface area contributed by atoms with Crippen molar-refractivity contribution in [2.75, 3.05) is 33.2 Å². The summed E-state index contributed by atoms with van der Waals surface area (Å²) in [6, 6.07) is 7.26. The van der Waals surface area contributed by atoms with Crippen molar-refractivity contribution in [1.29, 1.82) is 0 Å². The van der Waals surface area contributed by atoms with Crippen LogP contribution in [0.25, 0.3) is 0 Å². The van der Waals surface area contributed by atoms with Crippen LogP contribution in [0.5, 0.6) is 0 Å². The molecule has 0 bridgehead atoms. The molecule has 2 rings (SSSR count). The molecule has 1 aliphatic heterocycles. The standard InChI is InChI=1S/C20H34FN5.HI/c1-20(2,3)24-12-11-23-19(22-4)25-18-9-13-26(14-10-18)15-16-5-7-17(21)8-6-16;/h5-8,18,24H,9-15H2,1-4H3,(H2,22,23,25);1H. The van der Waals surface area contributed by atoms with Crippen molar-refractivity contribution in [2.24, 2.45) is 4.99 Å². The average molecular weight is 491 g/mol. The van der Waals surface area contributed by atoms with Crippen LogP contribution in [-0.4, -0.2) is 55.7 Å². The summed E-state index contributed by atoms with van der Waals surface area (Å²) in [7, 11) is 1.82. The van der Waals surface area contributed by atoms with Crippen LogP contribution in [0.15, 0.2) is 29.3 Å². The van der Waals surface area contributed by atoms with E-state index >= 15 is 0 Å². The summed E-state index contributed by atoms with van der Waals surface area (Å²) in [5, 5.41) is 10.4. The Kier molecular flexibility index (Phi) is 10.5. The average Bonchev–Trinajstić information content (AvgIpc) is 2.60. The Morgan fingerprint density at radius 3 is 2.33 bits per heavy atom. The highest BCUT2D eigenvalue weighted by molar-refractivity contribution is 14.0. The summed E-state index contributed by atoms with van der Waals surface area (Å²) in [4.78, 5) is 6.75. The van der Waals surface area contributed by atoms with Gasteiger partial charge >= 0.3 is 0 Å². The smallest absolute Gasteiger partial charge is 0.191 e. The lowest BCUT2D eigenvalue weighted by Gasteiger charge is -2.33. The number of aliphatic imine (C=N–C) groups is 1. The lowest BCUT2D eigenvalue weighted by molar-refractivity contribution is 0.198. The van der Waals surface area contributed by atoms with Crippen LogP contribution in [0, 0.1) is 5.82 Å². The van der Waals surface area contributed by atoms with Crippen molar-refractivity contribution in [1.82, 2.24) is 20.9 Å². The zero-order valence-corrected chi connectivity index (χ0v) is 19.3. The van der Waals surface area contributed by atoms with E-state index in [0.29, 0.717) is 6.04 Å². The molecule has 1 heterocycles. The van der Waals surface area contributed by atoms with Crippen LogP contribution in [0.2, 0.25) is 0 Å². The predicted octanol–water partition coefficient (Wildman–Crippen LogP) is 2.96. The molecule has 0 spiro atoms. The zero-order chi connectivity index (χ0) is 19.0. The molecule has 7 heteroatoms. The van der Waals surface area contributed by atoms with Crippen LogP contribution in [0.1, 0.15) is 39.2 Å². The van der Waals surface area contributed by atoms with Gasteiger partial charge in [-0.1, -0.05) is 12.1 Å². The number of piperidine rings is 1. The largest absolute Gasteiger partial charge is 0.355 e. The van der Waals surface area contributed by atoms with Gasteiger partial charge < -0.3 is 16.0 Å². The van der Waals surface area contributed by atoms with Crippen molar-refractivity contribution >= 4 is 29.9 Å². The molecule has 0 aliphatic carbocycles. The van der Waals surface area contributed by atoms with Crippen LogP contribution >= 0.6 is 24.0 Å². The Balaban J connectivity index is 0.00000364. The molecular formula is C20H35FIN5. The molecule has 5 nitrogen and oxygen atoms in total.